The zero-order valence-electron chi connectivity index (χ0n) is 7.64. The van der Waals surface area contributed by atoms with Crippen LogP contribution in [0.3, 0.4) is 0 Å². The molecule has 3 N–H and O–H groups in total. The Labute approximate surface area is 85.0 Å². The number of nitrogens with zero attached hydrogens (tertiary/aromatic N) is 1. The van der Waals surface area contributed by atoms with E-state index in [0.29, 0.717) is 11.3 Å². The van der Waals surface area contributed by atoms with Gasteiger partial charge in [-0.05, 0) is 18.2 Å². The molecule has 1 aromatic carbocycles. The van der Waals surface area contributed by atoms with Crippen molar-refractivity contribution < 1.29 is 15.0 Å². The third kappa shape index (κ3) is 1.67. The van der Waals surface area contributed by atoms with Crippen molar-refractivity contribution in [2.75, 3.05) is 0 Å². The van der Waals surface area contributed by atoms with Crippen molar-refractivity contribution >= 4 is 5.97 Å². The number of hydrogen-bond donors (Lipinski definition) is 3. The van der Waals surface area contributed by atoms with Crippen LogP contribution in [0.5, 0.6) is 5.75 Å². The number of imidazole rings is 1. The molecule has 0 spiro atoms. The first-order chi connectivity index (χ1) is 7.18. The number of nitrogens with one attached hydrogen (secondary N) is 1. The summed E-state index contributed by atoms with van der Waals surface area (Å²) in [6, 6.07) is 4.36. The molecule has 0 aliphatic heterocycles. The highest BCUT2D eigenvalue weighted by atomic mass is 16.4. The van der Waals surface area contributed by atoms with E-state index in [1.54, 1.807) is 12.3 Å². The molecule has 0 fully saturated rings. The number of carbonyl (C=O) groups is 1. The number of aromatic carboxylic acids is 1. The number of aromatic nitrogens is 2. The lowest BCUT2D eigenvalue weighted by Crippen LogP contribution is -1.96. The van der Waals surface area contributed by atoms with E-state index in [9.17, 15) is 9.90 Å². The van der Waals surface area contributed by atoms with E-state index in [2.05, 4.69) is 9.97 Å². The zero-order valence-corrected chi connectivity index (χ0v) is 7.64. The molecular formula is C10H8N2O3. The minimum absolute atomic E-state index is 0.123. The average Bonchev–Trinajstić information content (AvgIpc) is 2.71. The minimum Gasteiger partial charge on any atom is -0.507 e. The van der Waals surface area contributed by atoms with Crippen LogP contribution >= 0.6 is 0 Å². The van der Waals surface area contributed by atoms with Gasteiger partial charge in [0.25, 0.3) is 0 Å². The minimum atomic E-state index is -1.16. The first kappa shape index (κ1) is 9.26. The van der Waals surface area contributed by atoms with Gasteiger partial charge in [-0.15, -0.1) is 0 Å². The van der Waals surface area contributed by atoms with Crippen molar-refractivity contribution in [2.45, 2.75) is 0 Å². The van der Waals surface area contributed by atoms with Gasteiger partial charge in [-0.2, -0.15) is 0 Å². The number of H-pyrrole nitrogens is 1. The van der Waals surface area contributed by atoms with Gasteiger partial charge in [-0.1, -0.05) is 0 Å². The maximum atomic E-state index is 10.8. The molecule has 1 heterocycles. The van der Waals surface area contributed by atoms with Gasteiger partial charge < -0.3 is 15.2 Å². The summed E-state index contributed by atoms with van der Waals surface area (Å²) in [6.07, 6.45) is 3.08. The number of aromatic hydroxyl groups is 1. The second-order valence-corrected chi connectivity index (χ2v) is 3.00. The van der Waals surface area contributed by atoms with Crippen LogP contribution < -0.4 is 0 Å². The Hall–Kier alpha value is -2.30. The predicted molar refractivity (Wildman–Crippen MR) is 52.6 cm³/mol. The Kier molecular flexibility index (Phi) is 2.13. The Balaban J connectivity index is 2.52. The van der Waals surface area contributed by atoms with Gasteiger partial charge in [0, 0.05) is 5.56 Å². The predicted octanol–water partition coefficient (Wildman–Crippen LogP) is 1.48. The zero-order chi connectivity index (χ0) is 10.8. The number of carboxylic acid groups (broad SMARTS) is 1. The molecule has 0 atom stereocenters. The summed E-state index contributed by atoms with van der Waals surface area (Å²) >= 11 is 0. The molecular weight excluding hydrogens is 196 g/mol. The topological polar surface area (TPSA) is 86.2 Å². The fourth-order valence-electron chi connectivity index (χ4n) is 1.29. The maximum absolute atomic E-state index is 10.8. The molecule has 0 aliphatic rings. The fourth-order valence-corrected chi connectivity index (χ4v) is 1.29. The van der Waals surface area contributed by atoms with E-state index in [-0.39, 0.29) is 11.3 Å². The number of benzene rings is 1. The Morgan fingerprint density at radius 1 is 1.40 bits per heavy atom. The van der Waals surface area contributed by atoms with Crippen molar-refractivity contribution in [1.82, 2.24) is 9.97 Å². The standard InChI is InChI=1S/C10H8N2O3/c13-9-2-1-6(3-7(9)10(14)15)8-4-11-5-12-8/h1-5,13H,(H,11,12)(H,14,15). The van der Waals surface area contributed by atoms with E-state index >= 15 is 0 Å². The summed E-state index contributed by atoms with van der Waals surface area (Å²) in [5.74, 6) is -1.40. The molecule has 5 nitrogen and oxygen atoms in total. The summed E-state index contributed by atoms with van der Waals surface area (Å²) < 4.78 is 0. The molecule has 0 saturated carbocycles. The van der Waals surface area contributed by atoms with E-state index in [1.165, 1.54) is 18.5 Å². The van der Waals surface area contributed by atoms with Crippen LogP contribution in [0.1, 0.15) is 10.4 Å². The molecule has 2 aromatic rings. The second kappa shape index (κ2) is 3.45. The summed E-state index contributed by atoms with van der Waals surface area (Å²) in [6.45, 7) is 0. The van der Waals surface area contributed by atoms with Gasteiger partial charge in [0.1, 0.15) is 11.3 Å². The summed E-state index contributed by atoms with van der Waals surface area (Å²) in [5.41, 5.74) is 1.25. The normalized spacial score (nSPS) is 10.1. The molecule has 0 unspecified atom stereocenters. The van der Waals surface area contributed by atoms with E-state index in [1.807, 2.05) is 0 Å². The van der Waals surface area contributed by atoms with Crippen molar-refractivity contribution in [3.63, 3.8) is 0 Å². The molecule has 2 rings (SSSR count). The van der Waals surface area contributed by atoms with Gasteiger partial charge in [-0.3, -0.25) is 0 Å². The highest BCUT2D eigenvalue weighted by Crippen LogP contribution is 2.24. The van der Waals surface area contributed by atoms with Crippen molar-refractivity contribution in [3.05, 3.63) is 36.3 Å². The highest BCUT2D eigenvalue weighted by molar-refractivity contribution is 5.92. The summed E-state index contributed by atoms with van der Waals surface area (Å²) in [5, 5.41) is 18.1. The number of aromatic amines is 1. The average molecular weight is 204 g/mol. The van der Waals surface area contributed by atoms with Crippen LogP contribution in [0.4, 0.5) is 0 Å². The third-order valence-corrected chi connectivity index (χ3v) is 2.04. The van der Waals surface area contributed by atoms with Crippen molar-refractivity contribution in [1.29, 1.82) is 0 Å². The lowest BCUT2D eigenvalue weighted by Gasteiger charge is -2.02. The summed E-state index contributed by atoms with van der Waals surface area (Å²) in [7, 11) is 0. The molecule has 5 heteroatoms. The first-order valence-corrected chi connectivity index (χ1v) is 4.23. The van der Waals surface area contributed by atoms with E-state index in [4.69, 9.17) is 5.11 Å². The van der Waals surface area contributed by atoms with Crippen molar-refractivity contribution in [2.24, 2.45) is 0 Å². The largest absolute Gasteiger partial charge is 0.507 e. The fraction of sp³-hybridized carbons (Fsp3) is 0. The van der Waals surface area contributed by atoms with E-state index < -0.39 is 5.97 Å². The van der Waals surface area contributed by atoms with Crippen molar-refractivity contribution in [3.8, 4) is 17.0 Å². The van der Waals surface area contributed by atoms with Crippen LogP contribution in [0, 0.1) is 0 Å². The monoisotopic (exact) mass is 204 g/mol. The Bertz CT molecular complexity index is 491. The quantitative estimate of drug-likeness (QED) is 0.691. The number of carboxylic acids is 1. The number of phenols is 1. The second-order valence-electron chi connectivity index (χ2n) is 3.00. The molecule has 0 aliphatic carbocycles. The molecule has 15 heavy (non-hydrogen) atoms. The van der Waals surface area contributed by atoms with Crippen LogP contribution in [0.25, 0.3) is 11.3 Å². The molecule has 0 amide bonds. The number of rotatable bonds is 2. The van der Waals surface area contributed by atoms with E-state index in [0.717, 1.165) is 0 Å². The van der Waals surface area contributed by atoms with Gasteiger partial charge in [0.15, 0.2) is 0 Å². The van der Waals surface area contributed by atoms with Crippen LogP contribution in [-0.2, 0) is 0 Å². The smallest absolute Gasteiger partial charge is 0.339 e. The van der Waals surface area contributed by atoms with Gasteiger partial charge in [0.05, 0.1) is 18.2 Å². The molecule has 0 radical (unpaired) electrons. The Morgan fingerprint density at radius 2 is 2.20 bits per heavy atom. The third-order valence-electron chi connectivity index (χ3n) is 2.04. The SMILES string of the molecule is O=C(O)c1cc(-c2cnc[nH]2)ccc1O. The molecule has 76 valence electrons. The maximum Gasteiger partial charge on any atom is 0.339 e. The number of hydrogen-bond acceptors (Lipinski definition) is 3. The van der Waals surface area contributed by atoms with Gasteiger partial charge in [-0.25, -0.2) is 9.78 Å². The molecule has 0 bridgehead atoms. The highest BCUT2D eigenvalue weighted by Gasteiger charge is 2.11. The summed E-state index contributed by atoms with van der Waals surface area (Å²) in [4.78, 5) is 17.4. The first-order valence-electron chi connectivity index (χ1n) is 4.23. The van der Waals surface area contributed by atoms with Gasteiger partial charge in [0.2, 0.25) is 0 Å². The molecule has 1 aromatic heterocycles. The lowest BCUT2D eigenvalue weighted by atomic mass is 10.1. The molecule has 0 saturated heterocycles. The van der Waals surface area contributed by atoms with Crippen LogP contribution in [0.15, 0.2) is 30.7 Å². The lowest BCUT2D eigenvalue weighted by molar-refractivity contribution is 0.0694. The Morgan fingerprint density at radius 3 is 2.80 bits per heavy atom. The van der Waals surface area contributed by atoms with Crippen LogP contribution in [0.2, 0.25) is 0 Å². The van der Waals surface area contributed by atoms with Gasteiger partial charge >= 0.3 is 5.97 Å². The van der Waals surface area contributed by atoms with Crippen LogP contribution in [-0.4, -0.2) is 26.2 Å².